The van der Waals surface area contributed by atoms with E-state index < -0.39 is 11.4 Å². The van der Waals surface area contributed by atoms with Crippen molar-refractivity contribution < 1.29 is 14.7 Å². The molecule has 0 bridgehead atoms. The molecule has 1 atom stereocenters. The highest BCUT2D eigenvalue weighted by Crippen LogP contribution is 2.25. The quantitative estimate of drug-likeness (QED) is 0.319. The minimum atomic E-state index is -0.910. The maximum absolute atomic E-state index is 13.0. The van der Waals surface area contributed by atoms with Gasteiger partial charge in [0, 0.05) is 17.5 Å². The van der Waals surface area contributed by atoms with Gasteiger partial charge >= 0.3 is 0 Å². The van der Waals surface area contributed by atoms with Gasteiger partial charge in [-0.15, -0.1) is 0 Å². The fourth-order valence-electron chi connectivity index (χ4n) is 3.49. The highest BCUT2D eigenvalue weighted by atomic mass is 35.5. The van der Waals surface area contributed by atoms with Crippen molar-refractivity contribution in [2.24, 2.45) is 10.8 Å². The molecule has 0 aliphatic heterocycles. The molecular weight excluding hydrogens is 452 g/mol. The maximum Gasteiger partial charge on any atom is 0.271 e. The van der Waals surface area contributed by atoms with Gasteiger partial charge in [0.25, 0.3) is 5.91 Å². The molecule has 0 aliphatic rings. The number of Topliss-reactive ketones (excluding diaryl/α,β-unsaturated/α-hetero) is 1. The Hall–Kier alpha value is -3.26. The van der Waals surface area contributed by atoms with Crippen LogP contribution in [0.25, 0.3) is 10.8 Å². The van der Waals surface area contributed by atoms with Gasteiger partial charge in [0.05, 0.1) is 16.8 Å². The lowest BCUT2D eigenvalue weighted by Crippen LogP contribution is -2.47. The molecule has 0 saturated carbocycles. The van der Waals surface area contributed by atoms with Crippen molar-refractivity contribution in [1.29, 1.82) is 0 Å². The third-order valence-corrected chi connectivity index (χ3v) is 6.00. The second-order valence-corrected chi connectivity index (χ2v) is 9.20. The summed E-state index contributed by atoms with van der Waals surface area (Å²) in [7, 11) is 3.91. The number of hydrogen-bond donors (Lipinski definition) is 3. The lowest BCUT2D eigenvalue weighted by molar-refractivity contribution is -0.123. The second kappa shape index (κ2) is 10.8. The normalized spacial score (nSPS) is 13.4. The van der Waals surface area contributed by atoms with Gasteiger partial charge in [-0.2, -0.15) is 5.10 Å². The van der Waals surface area contributed by atoms with E-state index in [9.17, 15) is 14.7 Å². The van der Waals surface area contributed by atoms with Crippen LogP contribution in [0.5, 0.6) is 5.75 Å². The molecule has 178 valence electrons. The lowest BCUT2D eigenvalue weighted by Gasteiger charge is -2.25. The van der Waals surface area contributed by atoms with E-state index in [0.717, 1.165) is 28.4 Å². The van der Waals surface area contributed by atoms with Gasteiger partial charge in [-0.1, -0.05) is 48.0 Å². The number of carbonyl (C=O) groups excluding carboxylic acids is 2. The average molecular weight is 481 g/mol. The van der Waals surface area contributed by atoms with E-state index in [-0.39, 0.29) is 28.5 Å². The summed E-state index contributed by atoms with van der Waals surface area (Å²) in [5.74, 6) is -0.565. The van der Waals surface area contributed by atoms with Gasteiger partial charge in [0.2, 0.25) is 0 Å². The third-order valence-electron chi connectivity index (χ3n) is 5.69. The molecule has 1 amide bonds. The van der Waals surface area contributed by atoms with Crippen molar-refractivity contribution >= 4 is 40.3 Å². The SMILES string of the molecule is CN(C)CCC(C)(N)C(=O)Cc1ccc(/C=N/NC(=O)c2ccc(O)c(Cl)c2)c2ccccc12. The molecule has 4 N–H and O–H groups in total. The van der Waals surface area contributed by atoms with E-state index in [1.165, 1.54) is 18.2 Å². The van der Waals surface area contributed by atoms with Crippen molar-refractivity contribution in [2.75, 3.05) is 20.6 Å². The molecule has 0 fully saturated rings. The number of rotatable bonds is 9. The Labute approximate surface area is 204 Å². The number of hydrogen-bond acceptors (Lipinski definition) is 6. The molecule has 3 aromatic carbocycles. The van der Waals surface area contributed by atoms with Gasteiger partial charge in [-0.3, -0.25) is 9.59 Å². The molecule has 1 unspecified atom stereocenters. The molecule has 34 heavy (non-hydrogen) atoms. The number of amides is 1. The molecule has 7 nitrogen and oxygen atoms in total. The number of fused-ring (bicyclic) bond motifs is 1. The fourth-order valence-corrected chi connectivity index (χ4v) is 3.68. The fraction of sp³-hybridized carbons (Fsp3) is 0.269. The number of nitrogens with zero attached hydrogens (tertiary/aromatic N) is 2. The molecular formula is C26H29ClN4O3. The number of phenolic OH excluding ortho intramolecular Hbond substituents is 1. The van der Waals surface area contributed by atoms with Crippen molar-refractivity contribution in [3.63, 3.8) is 0 Å². The summed E-state index contributed by atoms with van der Waals surface area (Å²) in [4.78, 5) is 27.3. The summed E-state index contributed by atoms with van der Waals surface area (Å²) in [6.07, 6.45) is 2.36. The monoisotopic (exact) mass is 480 g/mol. The van der Waals surface area contributed by atoms with Crippen LogP contribution in [-0.4, -0.2) is 54.1 Å². The number of nitrogens with one attached hydrogen (secondary N) is 1. The minimum absolute atomic E-state index is 0.0132. The Balaban J connectivity index is 1.78. The van der Waals surface area contributed by atoms with Gasteiger partial charge in [0.1, 0.15) is 5.75 Å². The van der Waals surface area contributed by atoms with Gasteiger partial charge < -0.3 is 15.7 Å². The Morgan fingerprint density at radius 2 is 1.85 bits per heavy atom. The lowest BCUT2D eigenvalue weighted by atomic mass is 9.87. The zero-order valence-electron chi connectivity index (χ0n) is 19.5. The van der Waals surface area contributed by atoms with Crippen LogP contribution in [0.4, 0.5) is 0 Å². The topological polar surface area (TPSA) is 108 Å². The van der Waals surface area contributed by atoms with E-state index >= 15 is 0 Å². The second-order valence-electron chi connectivity index (χ2n) is 8.80. The van der Waals surface area contributed by atoms with Crippen molar-refractivity contribution in [1.82, 2.24) is 10.3 Å². The molecule has 0 spiro atoms. The summed E-state index contributed by atoms with van der Waals surface area (Å²) >= 11 is 5.86. The first-order chi connectivity index (χ1) is 16.1. The van der Waals surface area contributed by atoms with Gasteiger partial charge in [0.15, 0.2) is 5.78 Å². The Bertz CT molecular complexity index is 1240. The van der Waals surface area contributed by atoms with Crippen molar-refractivity contribution in [2.45, 2.75) is 25.3 Å². The van der Waals surface area contributed by atoms with E-state index in [1.54, 1.807) is 13.1 Å². The largest absolute Gasteiger partial charge is 0.506 e. The zero-order chi connectivity index (χ0) is 24.9. The zero-order valence-corrected chi connectivity index (χ0v) is 20.3. The van der Waals surface area contributed by atoms with Crippen LogP contribution in [0.2, 0.25) is 5.02 Å². The summed E-state index contributed by atoms with van der Waals surface area (Å²) in [5, 5.41) is 15.5. The van der Waals surface area contributed by atoms with Crippen LogP contribution in [-0.2, 0) is 11.2 Å². The van der Waals surface area contributed by atoms with E-state index in [0.29, 0.717) is 6.42 Å². The van der Waals surface area contributed by atoms with Gasteiger partial charge in [-0.05, 0) is 68.5 Å². The number of aromatic hydroxyl groups is 1. The summed E-state index contributed by atoms with van der Waals surface area (Å²) in [6, 6.07) is 15.7. The van der Waals surface area contributed by atoms with E-state index in [2.05, 4.69) is 10.5 Å². The number of halogens is 1. The van der Waals surface area contributed by atoms with Gasteiger partial charge in [-0.25, -0.2) is 5.43 Å². The molecule has 8 heteroatoms. The van der Waals surface area contributed by atoms with Crippen LogP contribution < -0.4 is 11.2 Å². The van der Waals surface area contributed by atoms with Crippen LogP contribution in [0.3, 0.4) is 0 Å². The molecule has 3 rings (SSSR count). The summed E-state index contributed by atoms with van der Waals surface area (Å²) in [6.45, 7) is 2.52. The highest BCUT2D eigenvalue weighted by Gasteiger charge is 2.28. The first-order valence-electron chi connectivity index (χ1n) is 10.9. The van der Waals surface area contributed by atoms with E-state index in [1.807, 2.05) is 55.4 Å². The predicted molar refractivity (Wildman–Crippen MR) is 137 cm³/mol. The first-order valence-corrected chi connectivity index (χ1v) is 11.3. The smallest absolute Gasteiger partial charge is 0.271 e. The van der Waals surface area contributed by atoms with Crippen molar-refractivity contribution in [3.05, 3.63) is 76.3 Å². The number of nitrogens with two attached hydrogens (primary N) is 1. The molecule has 0 heterocycles. The van der Waals surface area contributed by atoms with Crippen LogP contribution in [0, 0.1) is 0 Å². The molecule has 0 aromatic heterocycles. The maximum atomic E-state index is 13.0. The first kappa shape index (κ1) is 25.4. The Morgan fingerprint density at radius 3 is 2.53 bits per heavy atom. The van der Waals surface area contributed by atoms with Crippen LogP contribution in [0.15, 0.2) is 59.7 Å². The predicted octanol–water partition coefficient (Wildman–Crippen LogP) is 3.74. The number of phenols is 1. The molecule has 0 saturated heterocycles. The van der Waals surface area contributed by atoms with E-state index in [4.69, 9.17) is 17.3 Å². The number of hydrazone groups is 1. The minimum Gasteiger partial charge on any atom is -0.506 e. The molecule has 0 aliphatic carbocycles. The number of benzene rings is 3. The van der Waals surface area contributed by atoms with Crippen LogP contribution >= 0.6 is 11.6 Å². The average Bonchev–Trinajstić information content (AvgIpc) is 2.80. The Morgan fingerprint density at radius 1 is 1.15 bits per heavy atom. The summed E-state index contributed by atoms with van der Waals surface area (Å²) < 4.78 is 0. The van der Waals surface area contributed by atoms with Crippen LogP contribution in [0.1, 0.15) is 34.8 Å². The number of carbonyl (C=O) groups is 2. The number of ketones is 1. The standard InChI is InChI=1S/C26H29ClN4O3/c1-26(28,12-13-31(2)3)24(33)15-17-8-9-19(21-7-5-4-6-20(17)21)16-29-30-25(34)18-10-11-23(32)22(27)14-18/h4-11,14,16,32H,12-13,15,28H2,1-3H3,(H,30,34)/b29-16+. The summed E-state index contributed by atoms with van der Waals surface area (Å²) in [5.41, 5.74) is 9.84. The molecule has 3 aromatic rings. The highest BCUT2D eigenvalue weighted by molar-refractivity contribution is 6.32. The third kappa shape index (κ3) is 6.20. The Kier molecular flexibility index (Phi) is 8.04. The molecule has 0 radical (unpaired) electrons. The van der Waals surface area contributed by atoms with Crippen molar-refractivity contribution in [3.8, 4) is 5.75 Å².